The molecule has 1 N–H and O–H groups in total. The lowest BCUT2D eigenvalue weighted by molar-refractivity contribution is -0.138. The number of carbonyl (C=O) groups is 1. The van der Waals surface area contributed by atoms with E-state index in [1.165, 1.54) is 7.11 Å². The molecule has 0 spiro atoms. The summed E-state index contributed by atoms with van der Waals surface area (Å²) in [5.41, 5.74) is 2.57. The van der Waals surface area contributed by atoms with Crippen LogP contribution in [0.5, 0.6) is 5.75 Å². The molecule has 0 fully saturated rings. The second kappa shape index (κ2) is 5.56. The molecule has 0 unspecified atom stereocenters. The van der Waals surface area contributed by atoms with E-state index in [1.54, 1.807) is 7.11 Å². The number of aryl methyl sites for hydroxylation is 1. The number of nitrogens with one attached hydrogen (secondary N) is 1. The fourth-order valence-corrected chi connectivity index (χ4v) is 1.85. The highest BCUT2D eigenvalue weighted by Gasteiger charge is 2.07. The van der Waals surface area contributed by atoms with Gasteiger partial charge in [0, 0.05) is 16.8 Å². The Labute approximate surface area is 111 Å². The Balaban J connectivity index is 2.42. The maximum absolute atomic E-state index is 11.2. The van der Waals surface area contributed by atoms with E-state index >= 15 is 0 Å². The zero-order valence-corrected chi connectivity index (χ0v) is 11.2. The van der Waals surface area contributed by atoms with E-state index in [0.717, 1.165) is 28.0 Å². The van der Waals surface area contributed by atoms with Crippen LogP contribution in [0.3, 0.4) is 0 Å². The number of ether oxygens (including phenoxy) is 2. The number of hydrogen-bond acceptors (Lipinski definition) is 5. The number of nitrogens with zero attached hydrogens (tertiary/aromatic N) is 1. The van der Waals surface area contributed by atoms with Crippen molar-refractivity contribution in [2.75, 3.05) is 26.1 Å². The van der Waals surface area contributed by atoms with Gasteiger partial charge < -0.3 is 14.8 Å². The molecule has 0 bridgehead atoms. The summed E-state index contributed by atoms with van der Waals surface area (Å²) >= 11 is 0. The van der Waals surface area contributed by atoms with Gasteiger partial charge in [-0.05, 0) is 31.2 Å². The molecule has 5 heteroatoms. The van der Waals surface area contributed by atoms with Crippen molar-refractivity contribution in [3.8, 4) is 5.75 Å². The highest BCUT2D eigenvalue weighted by molar-refractivity contribution is 5.93. The van der Waals surface area contributed by atoms with Gasteiger partial charge in [-0.2, -0.15) is 0 Å². The number of aromatic nitrogens is 1. The fourth-order valence-electron chi connectivity index (χ4n) is 1.85. The first-order valence-electron chi connectivity index (χ1n) is 5.90. The maximum atomic E-state index is 11.2. The van der Waals surface area contributed by atoms with Gasteiger partial charge in [0.2, 0.25) is 0 Å². The van der Waals surface area contributed by atoms with Crippen LogP contribution < -0.4 is 10.1 Å². The first-order chi connectivity index (χ1) is 9.13. The van der Waals surface area contributed by atoms with Crippen LogP contribution in [0.1, 0.15) is 5.69 Å². The van der Waals surface area contributed by atoms with E-state index < -0.39 is 0 Å². The molecule has 1 aromatic carbocycles. The molecule has 5 nitrogen and oxygen atoms in total. The molecule has 100 valence electrons. The largest absolute Gasteiger partial charge is 0.497 e. The average Bonchev–Trinajstić information content (AvgIpc) is 2.43. The van der Waals surface area contributed by atoms with Gasteiger partial charge in [-0.15, -0.1) is 0 Å². The van der Waals surface area contributed by atoms with Crippen LogP contribution in [-0.2, 0) is 9.53 Å². The molecule has 19 heavy (non-hydrogen) atoms. The van der Waals surface area contributed by atoms with Gasteiger partial charge in [-0.25, -0.2) is 0 Å². The molecule has 0 aliphatic heterocycles. The second-order valence-electron chi connectivity index (χ2n) is 4.12. The molecular formula is C14H16N2O3. The molecule has 0 aliphatic rings. The van der Waals surface area contributed by atoms with Crippen LogP contribution in [0.25, 0.3) is 10.9 Å². The minimum Gasteiger partial charge on any atom is -0.497 e. The average molecular weight is 260 g/mol. The zero-order valence-electron chi connectivity index (χ0n) is 11.2. The summed E-state index contributed by atoms with van der Waals surface area (Å²) < 4.78 is 9.82. The Bertz CT molecular complexity index is 611. The van der Waals surface area contributed by atoms with Crippen LogP contribution >= 0.6 is 0 Å². The number of fused-ring (bicyclic) bond motifs is 1. The fraction of sp³-hybridized carbons (Fsp3) is 0.286. The Kier molecular flexibility index (Phi) is 3.85. The third-order valence-corrected chi connectivity index (χ3v) is 2.79. The molecule has 2 aromatic rings. The van der Waals surface area contributed by atoms with Crippen molar-refractivity contribution in [2.45, 2.75) is 6.92 Å². The predicted octanol–water partition coefficient (Wildman–Crippen LogP) is 2.14. The van der Waals surface area contributed by atoms with Crippen LogP contribution in [0.4, 0.5) is 5.69 Å². The van der Waals surface area contributed by atoms with Gasteiger partial charge >= 0.3 is 5.97 Å². The van der Waals surface area contributed by atoms with Crippen LogP contribution in [0.2, 0.25) is 0 Å². The van der Waals surface area contributed by atoms with Gasteiger partial charge in [-0.3, -0.25) is 9.78 Å². The third-order valence-electron chi connectivity index (χ3n) is 2.79. The molecule has 1 aromatic heterocycles. The predicted molar refractivity (Wildman–Crippen MR) is 73.5 cm³/mol. The number of methoxy groups -OCH3 is 2. The minimum absolute atomic E-state index is 0.117. The van der Waals surface area contributed by atoms with Crippen molar-refractivity contribution in [3.05, 3.63) is 30.0 Å². The SMILES string of the molecule is COC(=O)CNc1cc(C)nc2ccc(OC)cc12. The summed E-state index contributed by atoms with van der Waals surface area (Å²) in [4.78, 5) is 15.7. The van der Waals surface area contributed by atoms with E-state index in [9.17, 15) is 4.79 Å². The summed E-state index contributed by atoms with van der Waals surface area (Å²) in [6, 6.07) is 7.54. The van der Waals surface area contributed by atoms with Crippen molar-refractivity contribution in [1.29, 1.82) is 0 Å². The van der Waals surface area contributed by atoms with Gasteiger partial charge in [0.05, 0.1) is 19.7 Å². The normalized spacial score (nSPS) is 10.3. The lowest BCUT2D eigenvalue weighted by Gasteiger charge is -2.11. The van der Waals surface area contributed by atoms with E-state index in [4.69, 9.17) is 4.74 Å². The van der Waals surface area contributed by atoms with Crippen molar-refractivity contribution >= 4 is 22.6 Å². The summed E-state index contributed by atoms with van der Waals surface area (Å²) in [6.07, 6.45) is 0. The molecule has 0 amide bonds. The van der Waals surface area contributed by atoms with Crippen molar-refractivity contribution in [1.82, 2.24) is 4.98 Å². The molecule has 2 rings (SSSR count). The highest BCUT2D eigenvalue weighted by atomic mass is 16.5. The summed E-state index contributed by atoms with van der Waals surface area (Å²) in [6.45, 7) is 2.03. The lowest BCUT2D eigenvalue weighted by Crippen LogP contribution is -2.15. The van der Waals surface area contributed by atoms with Crippen molar-refractivity contribution in [3.63, 3.8) is 0 Å². The van der Waals surface area contributed by atoms with Crippen molar-refractivity contribution < 1.29 is 14.3 Å². The lowest BCUT2D eigenvalue weighted by atomic mass is 10.1. The Morgan fingerprint density at radius 3 is 2.79 bits per heavy atom. The van der Waals surface area contributed by atoms with Crippen molar-refractivity contribution in [2.24, 2.45) is 0 Å². The number of rotatable bonds is 4. The van der Waals surface area contributed by atoms with Gasteiger partial charge in [-0.1, -0.05) is 0 Å². The van der Waals surface area contributed by atoms with Gasteiger partial charge in [0.1, 0.15) is 12.3 Å². The van der Waals surface area contributed by atoms with E-state index in [0.29, 0.717) is 0 Å². The molecule has 0 radical (unpaired) electrons. The Morgan fingerprint density at radius 2 is 2.11 bits per heavy atom. The molecule has 1 heterocycles. The number of pyridine rings is 1. The van der Waals surface area contributed by atoms with Crippen LogP contribution in [-0.4, -0.2) is 31.7 Å². The van der Waals surface area contributed by atoms with E-state index in [2.05, 4.69) is 15.0 Å². The first-order valence-corrected chi connectivity index (χ1v) is 5.90. The number of esters is 1. The van der Waals surface area contributed by atoms with Crippen LogP contribution in [0, 0.1) is 6.92 Å². The number of hydrogen-bond donors (Lipinski definition) is 1. The van der Waals surface area contributed by atoms with Gasteiger partial charge in [0.25, 0.3) is 0 Å². The van der Waals surface area contributed by atoms with E-state index in [-0.39, 0.29) is 12.5 Å². The summed E-state index contributed by atoms with van der Waals surface area (Å²) in [7, 11) is 2.98. The Hall–Kier alpha value is -2.30. The molecule has 0 atom stereocenters. The third kappa shape index (κ3) is 2.93. The topological polar surface area (TPSA) is 60.5 Å². The highest BCUT2D eigenvalue weighted by Crippen LogP contribution is 2.27. The monoisotopic (exact) mass is 260 g/mol. The molecular weight excluding hydrogens is 244 g/mol. The second-order valence-corrected chi connectivity index (χ2v) is 4.12. The quantitative estimate of drug-likeness (QED) is 0.853. The summed E-state index contributed by atoms with van der Waals surface area (Å²) in [5, 5.41) is 3.97. The summed E-state index contributed by atoms with van der Waals surface area (Å²) in [5.74, 6) is 0.435. The molecule has 0 aliphatic carbocycles. The number of carbonyl (C=O) groups excluding carboxylic acids is 1. The first kappa shape index (κ1) is 13.1. The number of anilines is 1. The zero-order chi connectivity index (χ0) is 13.8. The molecule has 0 saturated heterocycles. The van der Waals surface area contributed by atoms with Gasteiger partial charge in [0.15, 0.2) is 0 Å². The Morgan fingerprint density at radius 1 is 1.32 bits per heavy atom. The smallest absolute Gasteiger partial charge is 0.325 e. The van der Waals surface area contributed by atoms with E-state index in [1.807, 2.05) is 31.2 Å². The maximum Gasteiger partial charge on any atom is 0.325 e. The van der Waals surface area contributed by atoms with Crippen LogP contribution in [0.15, 0.2) is 24.3 Å². The number of benzene rings is 1. The standard InChI is InChI=1S/C14H16N2O3/c1-9-6-13(15-8-14(17)19-3)11-7-10(18-2)4-5-12(11)16-9/h4-7H,8H2,1-3H3,(H,15,16). The minimum atomic E-state index is -0.314. The molecule has 0 saturated carbocycles.